The van der Waals surface area contributed by atoms with Crippen molar-refractivity contribution in [3.8, 4) is 0 Å². The Morgan fingerprint density at radius 3 is 2.65 bits per heavy atom. The number of rotatable bonds is 5. The van der Waals surface area contributed by atoms with Crippen LogP contribution < -0.4 is 5.73 Å². The van der Waals surface area contributed by atoms with Gasteiger partial charge < -0.3 is 10.6 Å². The summed E-state index contributed by atoms with van der Waals surface area (Å²) in [7, 11) is 3.62. The fourth-order valence-corrected chi connectivity index (χ4v) is 2.14. The van der Waals surface area contributed by atoms with Crippen LogP contribution in [-0.4, -0.2) is 33.7 Å². The molecule has 0 bridgehead atoms. The van der Waals surface area contributed by atoms with E-state index >= 15 is 0 Å². The van der Waals surface area contributed by atoms with Crippen molar-refractivity contribution in [2.75, 3.05) is 7.05 Å². The van der Waals surface area contributed by atoms with E-state index in [9.17, 15) is 4.79 Å². The summed E-state index contributed by atoms with van der Waals surface area (Å²) in [5, 5.41) is 4.09. The molecule has 0 aliphatic carbocycles. The van der Waals surface area contributed by atoms with E-state index in [1.807, 2.05) is 43.6 Å². The molecular formula is C15H20N4O. The molecule has 106 valence electrons. The van der Waals surface area contributed by atoms with Crippen LogP contribution in [0.4, 0.5) is 0 Å². The van der Waals surface area contributed by atoms with Crippen molar-refractivity contribution in [3.05, 3.63) is 53.9 Å². The number of amides is 1. The highest BCUT2D eigenvalue weighted by atomic mass is 16.2. The van der Waals surface area contributed by atoms with Crippen molar-refractivity contribution in [2.45, 2.75) is 19.0 Å². The van der Waals surface area contributed by atoms with E-state index < -0.39 is 6.04 Å². The zero-order valence-electron chi connectivity index (χ0n) is 11.9. The second-order valence-corrected chi connectivity index (χ2v) is 5.01. The lowest BCUT2D eigenvalue weighted by Crippen LogP contribution is -2.42. The number of aromatic nitrogens is 2. The van der Waals surface area contributed by atoms with Crippen LogP contribution >= 0.6 is 0 Å². The summed E-state index contributed by atoms with van der Waals surface area (Å²) in [5.74, 6) is -0.0577. The lowest BCUT2D eigenvalue weighted by atomic mass is 10.1. The molecule has 1 aromatic carbocycles. The Morgan fingerprint density at radius 2 is 2.05 bits per heavy atom. The Kier molecular flexibility index (Phi) is 4.53. The van der Waals surface area contributed by atoms with Gasteiger partial charge in [0.2, 0.25) is 5.91 Å². The van der Waals surface area contributed by atoms with Gasteiger partial charge in [-0.1, -0.05) is 30.3 Å². The lowest BCUT2D eigenvalue weighted by molar-refractivity contribution is -0.131. The average molecular weight is 272 g/mol. The number of carbonyl (C=O) groups excluding carboxylic acids is 1. The van der Waals surface area contributed by atoms with Crippen molar-refractivity contribution < 1.29 is 4.79 Å². The van der Waals surface area contributed by atoms with Crippen LogP contribution in [0.2, 0.25) is 0 Å². The highest BCUT2D eigenvalue weighted by molar-refractivity contribution is 5.81. The third-order valence-electron chi connectivity index (χ3n) is 3.17. The van der Waals surface area contributed by atoms with E-state index in [-0.39, 0.29) is 5.91 Å². The minimum absolute atomic E-state index is 0.0577. The summed E-state index contributed by atoms with van der Waals surface area (Å²) in [4.78, 5) is 13.9. The van der Waals surface area contributed by atoms with Crippen molar-refractivity contribution in [3.63, 3.8) is 0 Å². The van der Waals surface area contributed by atoms with Gasteiger partial charge >= 0.3 is 0 Å². The maximum atomic E-state index is 12.2. The summed E-state index contributed by atoms with van der Waals surface area (Å²) in [5.41, 5.74) is 8.06. The van der Waals surface area contributed by atoms with Crippen LogP contribution in [0.3, 0.4) is 0 Å². The molecule has 5 heteroatoms. The number of likely N-dealkylation sites (N-methyl/N-ethyl adjacent to an activating group) is 1. The molecule has 2 aromatic rings. The molecular weight excluding hydrogens is 252 g/mol. The Hall–Kier alpha value is -2.14. The molecule has 0 aliphatic rings. The highest BCUT2D eigenvalue weighted by Crippen LogP contribution is 2.06. The Balaban J connectivity index is 1.92. The molecule has 1 heterocycles. The molecule has 0 saturated heterocycles. The van der Waals surface area contributed by atoms with Gasteiger partial charge in [-0.3, -0.25) is 9.48 Å². The molecule has 2 N–H and O–H groups in total. The van der Waals surface area contributed by atoms with Gasteiger partial charge in [0.25, 0.3) is 0 Å². The first-order valence-electron chi connectivity index (χ1n) is 6.58. The van der Waals surface area contributed by atoms with Gasteiger partial charge in [0.1, 0.15) is 0 Å². The first-order valence-corrected chi connectivity index (χ1v) is 6.58. The maximum Gasteiger partial charge on any atom is 0.239 e. The summed E-state index contributed by atoms with van der Waals surface area (Å²) in [6.07, 6.45) is 4.20. The molecule has 20 heavy (non-hydrogen) atoms. The molecule has 1 atom stereocenters. The van der Waals surface area contributed by atoms with E-state index in [2.05, 4.69) is 5.10 Å². The number of carbonyl (C=O) groups is 1. The second kappa shape index (κ2) is 6.34. The monoisotopic (exact) mass is 272 g/mol. The van der Waals surface area contributed by atoms with Gasteiger partial charge in [0, 0.05) is 32.4 Å². The molecule has 2 rings (SSSR count). The van der Waals surface area contributed by atoms with Crippen molar-refractivity contribution >= 4 is 5.91 Å². The molecule has 0 fully saturated rings. The molecule has 0 saturated carbocycles. The number of nitrogens with two attached hydrogens (primary N) is 1. The van der Waals surface area contributed by atoms with Crippen LogP contribution in [0, 0.1) is 0 Å². The summed E-state index contributed by atoms with van der Waals surface area (Å²) < 4.78 is 1.72. The Bertz CT molecular complexity index is 564. The predicted molar refractivity (Wildman–Crippen MR) is 77.8 cm³/mol. The van der Waals surface area contributed by atoms with E-state index in [0.29, 0.717) is 13.0 Å². The zero-order chi connectivity index (χ0) is 14.5. The van der Waals surface area contributed by atoms with E-state index in [1.165, 1.54) is 0 Å². The second-order valence-electron chi connectivity index (χ2n) is 5.01. The van der Waals surface area contributed by atoms with Crippen molar-refractivity contribution in [1.29, 1.82) is 0 Å². The van der Waals surface area contributed by atoms with Gasteiger partial charge in [-0.15, -0.1) is 0 Å². The zero-order valence-corrected chi connectivity index (χ0v) is 11.9. The van der Waals surface area contributed by atoms with Crippen molar-refractivity contribution in [1.82, 2.24) is 14.7 Å². The first-order chi connectivity index (χ1) is 9.56. The average Bonchev–Trinajstić information content (AvgIpc) is 2.84. The molecule has 0 aliphatic heterocycles. The van der Waals surface area contributed by atoms with Crippen LogP contribution in [0.5, 0.6) is 0 Å². The van der Waals surface area contributed by atoms with Crippen LogP contribution in [0.1, 0.15) is 11.1 Å². The largest absolute Gasteiger partial charge is 0.340 e. The molecule has 0 radical (unpaired) electrons. The number of benzene rings is 1. The quantitative estimate of drug-likeness (QED) is 0.881. The minimum Gasteiger partial charge on any atom is -0.340 e. The molecule has 5 nitrogen and oxygen atoms in total. The number of hydrogen-bond acceptors (Lipinski definition) is 3. The van der Waals surface area contributed by atoms with Crippen LogP contribution in [-0.2, 0) is 24.8 Å². The topological polar surface area (TPSA) is 64.2 Å². The molecule has 1 amide bonds. The summed E-state index contributed by atoms with van der Waals surface area (Å²) >= 11 is 0. The minimum atomic E-state index is -0.515. The van der Waals surface area contributed by atoms with Gasteiger partial charge in [0.15, 0.2) is 0 Å². The SMILES string of the molecule is CN(Cc1cnn(C)c1)C(=O)C(N)Cc1ccccc1. The van der Waals surface area contributed by atoms with Gasteiger partial charge in [-0.05, 0) is 12.0 Å². The number of hydrogen-bond donors (Lipinski definition) is 1. The standard InChI is InChI=1S/C15H20N4O/c1-18(10-13-9-17-19(2)11-13)15(20)14(16)8-12-6-4-3-5-7-12/h3-7,9,11,14H,8,10,16H2,1-2H3. The van der Waals surface area contributed by atoms with Crippen molar-refractivity contribution in [2.24, 2.45) is 12.8 Å². The van der Waals surface area contributed by atoms with Crippen LogP contribution in [0.15, 0.2) is 42.7 Å². The lowest BCUT2D eigenvalue weighted by Gasteiger charge is -2.20. The predicted octanol–water partition coefficient (Wildman–Crippen LogP) is 0.949. The fourth-order valence-electron chi connectivity index (χ4n) is 2.14. The molecule has 1 aromatic heterocycles. The third-order valence-corrected chi connectivity index (χ3v) is 3.17. The maximum absolute atomic E-state index is 12.2. The normalized spacial score (nSPS) is 12.2. The fraction of sp³-hybridized carbons (Fsp3) is 0.333. The van der Waals surface area contributed by atoms with Gasteiger partial charge in [-0.25, -0.2) is 0 Å². The van der Waals surface area contributed by atoms with E-state index in [0.717, 1.165) is 11.1 Å². The molecule has 0 spiro atoms. The Morgan fingerprint density at radius 1 is 1.35 bits per heavy atom. The molecule has 1 unspecified atom stereocenters. The first kappa shape index (κ1) is 14.3. The van der Waals surface area contributed by atoms with E-state index in [1.54, 1.807) is 22.8 Å². The number of aryl methyl sites for hydroxylation is 1. The number of nitrogens with zero attached hydrogens (tertiary/aromatic N) is 3. The highest BCUT2D eigenvalue weighted by Gasteiger charge is 2.18. The summed E-state index contributed by atoms with van der Waals surface area (Å²) in [6, 6.07) is 9.30. The van der Waals surface area contributed by atoms with E-state index in [4.69, 9.17) is 5.73 Å². The van der Waals surface area contributed by atoms with Crippen LogP contribution in [0.25, 0.3) is 0 Å². The summed E-state index contributed by atoms with van der Waals surface area (Å²) in [6.45, 7) is 0.523. The van der Waals surface area contributed by atoms with Gasteiger partial charge in [-0.2, -0.15) is 5.10 Å². The smallest absolute Gasteiger partial charge is 0.239 e. The Labute approximate surface area is 119 Å². The van der Waals surface area contributed by atoms with Gasteiger partial charge in [0.05, 0.1) is 12.2 Å². The third kappa shape index (κ3) is 3.68.